The van der Waals surface area contributed by atoms with Crippen molar-refractivity contribution in [2.24, 2.45) is 5.92 Å². The first-order valence-electron chi connectivity index (χ1n) is 20.1. The highest BCUT2D eigenvalue weighted by Crippen LogP contribution is 2.54. The lowest BCUT2D eigenvalue weighted by Gasteiger charge is -2.47. The predicted octanol–water partition coefficient (Wildman–Crippen LogP) is 11.3. The van der Waals surface area contributed by atoms with E-state index in [1.807, 2.05) is 17.5 Å². The summed E-state index contributed by atoms with van der Waals surface area (Å²) >= 11 is 1.88. The normalized spacial score (nSPS) is 20.6. The summed E-state index contributed by atoms with van der Waals surface area (Å²) in [5.74, 6) is 1.50. The van der Waals surface area contributed by atoms with Gasteiger partial charge in [-0.15, -0.1) is 11.3 Å². The Labute approximate surface area is 329 Å². The Morgan fingerprint density at radius 3 is 2.39 bits per heavy atom. The second kappa shape index (κ2) is 12.9. The first-order chi connectivity index (χ1) is 27.7. The molecule has 56 heavy (non-hydrogen) atoms. The van der Waals surface area contributed by atoms with Crippen LogP contribution in [0.4, 0.5) is 0 Å². The molecule has 2 unspecified atom stereocenters. The van der Waals surface area contributed by atoms with Crippen LogP contribution in [0.1, 0.15) is 53.6 Å². The van der Waals surface area contributed by atoms with E-state index in [4.69, 9.17) is 15.0 Å². The number of para-hydroxylation sites is 1. The van der Waals surface area contributed by atoms with Gasteiger partial charge in [0.25, 0.3) is 0 Å². The van der Waals surface area contributed by atoms with E-state index in [0.717, 1.165) is 82.4 Å². The number of nitrogens with one attached hydrogen (secondary N) is 2. The molecule has 4 aromatic heterocycles. The molecule has 6 nitrogen and oxygen atoms in total. The van der Waals surface area contributed by atoms with E-state index < -0.39 is 0 Å². The number of rotatable bonds is 5. The molecule has 3 saturated heterocycles. The number of pyridine rings is 2. The van der Waals surface area contributed by atoms with E-state index in [2.05, 4.69) is 137 Å². The van der Waals surface area contributed by atoms with Crippen molar-refractivity contribution in [1.82, 2.24) is 30.2 Å². The number of fused-ring (bicyclic) bond motifs is 8. The summed E-state index contributed by atoms with van der Waals surface area (Å²) in [6.07, 6.45) is 6.59. The fourth-order valence-corrected chi connectivity index (χ4v) is 11.3. The number of H-pyrrole nitrogens is 1. The van der Waals surface area contributed by atoms with Crippen molar-refractivity contribution < 1.29 is 0 Å². The minimum atomic E-state index is -0.0644. The number of benzene rings is 5. The highest BCUT2D eigenvalue weighted by Gasteiger charge is 2.41. The third-order valence-corrected chi connectivity index (χ3v) is 14.0. The van der Waals surface area contributed by atoms with Gasteiger partial charge in [-0.2, -0.15) is 0 Å². The van der Waals surface area contributed by atoms with Crippen LogP contribution in [0.5, 0.6) is 0 Å². The van der Waals surface area contributed by atoms with Gasteiger partial charge in [-0.25, -0.2) is 9.97 Å². The maximum Gasteiger partial charge on any atom is 0.157 e. The van der Waals surface area contributed by atoms with Gasteiger partial charge < -0.3 is 10.3 Å². The summed E-state index contributed by atoms with van der Waals surface area (Å²) in [6.45, 7) is 3.13. The lowest BCUT2D eigenvalue weighted by molar-refractivity contribution is 0.0496. The van der Waals surface area contributed by atoms with Crippen LogP contribution >= 0.6 is 11.3 Å². The smallest absolute Gasteiger partial charge is 0.157 e. The molecule has 9 aromatic rings. The standard InChI is InChI=1S/C49H40N6S/c1-5-13-34-30(9-1)19-23-50-45(34)44-41(37-18-17-32-11-3-7-15-36(32)52-37)42(38-27-29-21-25-55(38)26-22-29)43(40-28-33-12-4-8-16-39(33)56-40)47-48(44)54-49(53-47)46-35-14-6-2-10-31(35)20-24-51-46/h1-18,20,24,28-29,38,45,50H,19,21-23,25-27H2,(H,53,54). The largest absolute Gasteiger partial charge is 0.336 e. The first-order valence-corrected chi connectivity index (χ1v) is 20.9. The number of thiophene rings is 1. The van der Waals surface area contributed by atoms with E-state index in [0.29, 0.717) is 5.92 Å². The zero-order valence-corrected chi connectivity index (χ0v) is 31.8. The summed E-state index contributed by atoms with van der Waals surface area (Å²) in [5.41, 5.74) is 12.8. The van der Waals surface area contributed by atoms with Crippen LogP contribution in [0, 0.1) is 5.92 Å². The zero-order chi connectivity index (χ0) is 36.7. The molecule has 3 fully saturated rings. The third-order valence-electron chi connectivity index (χ3n) is 12.8. The van der Waals surface area contributed by atoms with Crippen LogP contribution in [-0.4, -0.2) is 44.5 Å². The molecule has 0 aliphatic carbocycles. The van der Waals surface area contributed by atoms with Crippen molar-refractivity contribution >= 4 is 54.1 Å². The Bertz CT molecular complexity index is 2950. The number of aromatic nitrogens is 4. The number of imidazole rings is 1. The van der Waals surface area contributed by atoms with Gasteiger partial charge >= 0.3 is 0 Å². The predicted molar refractivity (Wildman–Crippen MR) is 230 cm³/mol. The van der Waals surface area contributed by atoms with Crippen LogP contribution in [0.25, 0.3) is 76.0 Å². The Hall–Kier alpha value is -5.73. The fraction of sp³-hybridized carbons (Fsp3) is 0.204. The van der Waals surface area contributed by atoms with Crippen molar-refractivity contribution in [2.75, 3.05) is 19.6 Å². The van der Waals surface area contributed by atoms with Gasteiger partial charge in [0, 0.05) is 55.8 Å². The maximum absolute atomic E-state index is 5.72. The van der Waals surface area contributed by atoms with E-state index in [9.17, 15) is 0 Å². The summed E-state index contributed by atoms with van der Waals surface area (Å²) in [4.78, 5) is 24.3. The van der Waals surface area contributed by atoms with Crippen LogP contribution in [0.15, 0.2) is 128 Å². The van der Waals surface area contributed by atoms with E-state index in [-0.39, 0.29) is 12.1 Å². The Morgan fingerprint density at radius 2 is 1.52 bits per heavy atom. The summed E-state index contributed by atoms with van der Waals surface area (Å²) in [6, 6.07) is 44.1. The van der Waals surface area contributed by atoms with Crippen LogP contribution in [0.3, 0.4) is 0 Å². The third kappa shape index (κ3) is 5.11. The first kappa shape index (κ1) is 32.5. The van der Waals surface area contributed by atoms with Crippen molar-refractivity contribution in [3.8, 4) is 33.2 Å². The lowest BCUT2D eigenvalue weighted by Crippen LogP contribution is -2.44. The Morgan fingerprint density at radius 1 is 0.714 bits per heavy atom. The van der Waals surface area contributed by atoms with Gasteiger partial charge in [0.15, 0.2) is 5.82 Å². The number of hydrogen-bond acceptors (Lipinski definition) is 6. The molecule has 0 radical (unpaired) electrons. The number of nitrogens with zero attached hydrogens (tertiary/aromatic N) is 4. The van der Waals surface area contributed by atoms with Crippen LogP contribution < -0.4 is 5.32 Å². The van der Waals surface area contributed by atoms with Gasteiger partial charge in [-0.05, 0) is 102 Å². The second-order valence-electron chi connectivity index (χ2n) is 15.9. The Balaban J connectivity index is 1.27. The molecule has 272 valence electrons. The summed E-state index contributed by atoms with van der Waals surface area (Å²) < 4.78 is 1.29. The molecule has 0 saturated carbocycles. The van der Waals surface area contributed by atoms with Gasteiger partial charge in [0.05, 0.1) is 28.3 Å². The van der Waals surface area contributed by atoms with Crippen molar-refractivity contribution in [2.45, 2.75) is 37.8 Å². The molecule has 5 aromatic carbocycles. The van der Waals surface area contributed by atoms with Crippen molar-refractivity contribution in [3.63, 3.8) is 0 Å². The van der Waals surface area contributed by atoms with Crippen molar-refractivity contribution in [1.29, 1.82) is 0 Å². The number of aromatic amines is 1. The Kier molecular flexibility index (Phi) is 7.50. The van der Waals surface area contributed by atoms with E-state index in [1.54, 1.807) is 0 Å². The van der Waals surface area contributed by atoms with Crippen LogP contribution in [0.2, 0.25) is 0 Å². The lowest BCUT2D eigenvalue weighted by atomic mass is 9.75. The van der Waals surface area contributed by atoms with Gasteiger partial charge in [0.1, 0.15) is 5.69 Å². The fourth-order valence-electron chi connectivity index (χ4n) is 10.2. The monoisotopic (exact) mass is 744 g/mol. The molecule has 2 bridgehead atoms. The molecule has 2 N–H and O–H groups in total. The molecule has 0 spiro atoms. The SMILES string of the molecule is c1ccc2c(c1)CCNC2c1c(-c2ccc3ccccc3n2)c(C2CC3CCN2CC3)c(-c2cc3ccccc3s2)c2nc(-c3nccc4ccccc34)[nH]c12. The molecule has 4 aliphatic heterocycles. The van der Waals surface area contributed by atoms with Crippen LogP contribution in [-0.2, 0) is 6.42 Å². The molecular weight excluding hydrogens is 705 g/mol. The summed E-state index contributed by atoms with van der Waals surface area (Å²) in [7, 11) is 0. The molecule has 13 rings (SSSR count). The molecule has 2 atom stereocenters. The second-order valence-corrected chi connectivity index (χ2v) is 17.0. The average Bonchev–Trinajstić information content (AvgIpc) is 3.91. The average molecular weight is 745 g/mol. The zero-order valence-electron chi connectivity index (χ0n) is 31.0. The quantitative estimate of drug-likeness (QED) is 0.184. The van der Waals surface area contributed by atoms with Gasteiger partial charge in [-0.3, -0.25) is 9.88 Å². The van der Waals surface area contributed by atoms with Crippen molar-refractivity contribution in [3.05, 3.63) is 150 Å². The summed E-state index contributed by atoms with van der Waals surface area (Å²) in [5, 5.41) is 8.71. The highest BCUT2D eigenvalue weighted by atomic mass is 32.1. The minimum Gasteiger partial charge on any atom is -0.336 e. The van der Waals surface area contributed by atoms with E-state index >= 15 is 0 Å². The molecule has 8 heterocycles. The molecule has 4 aliphatic rings. The van der Waals surface area contributed by atoms with Gasteiger partial charge in [0.2, 0.25) is 0 Å². The molecule has 0 amide bonds. The molecular formula is C49H40N6S. The van der Waals surface area contributed by atoms with Gasteiger partial charge in [-0.1, -0.05) is 91.0 Å². The topological polar surface area (TPSA) is 69.7 Å². The molecule has 7 heteroatoms. The number of piperidine rings is 3. The minimum absolute atomic E-state index is 0.0644. The number of hydrogen-bond donors (Lipinski definition) is 2. The van der Waals surface area contributed by atoms with E-state index in [1.165, 1.54) is 61.2 Å². The maximum atomic E-state index is 5.72. The highest BCUT2D eigenvalue weighted by molar-refractivity contribution is 7.22.